The van der Waals surface area contributed by atoms with Crippen LogP contribution in [0, 0.1) is 17.6 Å². The maximum atomic E-state index is 13.2. The van der Waals surface area contributed by atoms with Crippen LogP contribution in [0.2, 0.25) is 0 Å². The fourth-order valence-electron chi connectivity index (χ4n) is 1.55. The van der Waals surface area contributed by atoms with E-state index in [1.54, 1.807) is 6.92 Å². The monoisotopic (exact) mass is 301 g/mol. The molecule has 0 spiro atoms. The van der Waals surface area contributed by atoms with Crippen molar-refractivity contribution in [2.45, 2.75) is 19.8 Å². The second-order valence-electron chi connectivity index (χ2n) is 4.59. The SMILES string of the molecule is CC(CCCNC(=O)COc1ccc(F)cc1F)C(=O)O. The van der Waals surface area contributed by atoms with Crippen LogP contribution < -0.4 is 10.1 Å². The van der Waals surface area contributed by atoms with Crippen molar-refractivity contribution >= 4 is 11.9 Å². The molecule has 0 aliphatic rings. The molecule has 5 nitrogen and oxygen atoms in total. The molecule has 7 heteroatoms. The van der Waals surface area contributed by atoms with Gasteiger partial charge in [0.25, 0.3) is 5.91 Å². The maximum Gasteiger partial charge on any atom is 0.306 e. The molecule has 1 atom stereocenters. The van der Waals surface area contributed by atoms with Gasteiger partial charge in [-0.1, -0.05) is 6.92 Å². The van der Waals surface area contributed by atoms with E-state index in [9.17, 15) is 18.4 Å². The first-order chi connectivity index (χ1) is 9.90. The number of rotatable bonds is 8. The van der Waals surface area contributed by atoms with Gasteiger partial charge < -0.3 is 15.2 Å². The second-order valence-corrected chi connectivity index (χ2v) is 4.59. The minimum absolute atomic E-state index is 0.203. The molecule has 0 bridgehead atoms. The molecular weight excluding hydrogens is 284 g/mol. The minimum Gasteiger partial charge on any atom is -0.481 e. The Balaban J connectivity index is 2.24. The lowest BCUT2D eigenvalue weighted by atomic mass is 10.1. The Kier molecular flexibility index (Phi) is 6.58. The summed E-state index contributed by atoms with van der Waals surface area (Å²) in [5, 5.41) is 11.2. The number of benzene rings is 1. The summed E-state index contributed by atoms with van der Waals surface area (Å²) in [6.07, 6.45) is 0.965. The normalized spacial score (nSPS) is 11.8. The van der Waals surface area contributed by atoms with Crippen LogP contribution >= 0.6 is 0 Å². The third-order valence-electron chi connectivity index (χ3n) is 2.81. The molecule has 0 heterocycles. The highest BCUT2D eigenvalue weighted by Crippen LogP contribution is 2.17. The van der Waals surface area contributed by atoms with Crippen LogP contribution in [0.1, 0.15) is 19.8 Å². The van der Waals surface area contributed by atoms with E-state index in [1.807, 2.05) is 0 Å². The van der Waals surface area contributed by atoms with E-state index in [0.29, 0.717) is 25.5 Å². The van der Waals surface area contributed by atoms with E-state index >= 15 is 0 Å². The molecule has 1 aromatic carbocycles. The quantitative estimate of drug-likeness (QED) is 0.720. The fourth-order valence-corrected chi connectivity index (χ4v) is 1.55. The highest BCUT2D eigenvalue weighted by Gasteiger charge is 2.11. The summed E-state index contributed by atoms with van der Waals surface area (Å²) in [7, 11) is 0. The second kappa shape index (κ2) is 8.18. The zero-order chi connectivity index (χ0) is 15.8. The Morgan fingerprint density at radius 2 is 2.10 bits per heavy atom. The molecule has 0 fully saturated rings. The van der Waals surface area contributed by atoms with Crippen LogP contribution in [0.5, 0.6) is 5.75 Å². The summed E-state index contributed by atoms with van der Waals surface area (Å²) < 4.78 is 30.8. The first-order valence-corrected chi connectivity index (χ1v) is 6.47. The lowest BCUT2D eigenvalue weighted by molar-refractivity contribution is -0.141. The van der Waals surface area contributed by atoms with Crippen molar-refractivity contribution in [3.05, 3.63) is 29.8 Å². The van der Waals surface area contributed by atoms with E-state index in [-0.39, 0.29) is 5.75 Å². The molecule has 1 amide bonds. The van der Waals surface area contributed by atoms with Gasteiger partial charge in [0.1, 0.15) is 5.82 Å². The zero-order valence-electron chi connectivity index (χ0n) is 11.6. The van der Waals surface area contributed by atoms with Gasteiger partial charge in [-0.3, -0.25) is 9.59 Å². The number of nitrogens with one attached hydrogen (secondary N) is 1. The Bertz CT molecular complexity index is 508. The maximum absolute atomic E-state index is 13.2. The van der Waals surface area contributed by atoms with E-state index in [2.05, 4.69) is 5.32 Å². The predicted molar refractivity (Wildman–Crippen MR) is 70.9 cm³/mol. The standard InChI is InChI=1S/C14H17F2NO4/c1-9(14(19)20)3-2-6-17-13(18)8-21-12-5-4-10(15)7-11(12)16/h4-5,7,9H,2-3,6,8H2,1H3,(H,17,18)(H,19,20). The highest BCUT2D eigenvalue weighted by molar-refractivity contribution is 5.77. The zero-order valence-corrected chi connectivity index (χ0v) is 11.6. The van der Waals surface area contributed by atoms with E-state index in [1.165, 1.54) is 0 Å². The Morgan fingerprint density at radius 3 is 2.71 bits per heavy atom. The molecule has 0 aliphatic heterocycles. The molecular formula is C14H17F2NO4. The molecule has 116 valence electrons. The average molecular weight is 301 g/mol. The molecule has 0 saturated carbocycles. The number of carbonyl (C=O) groups is 2. The molecule has 0 aliphatic carbocycles. The molecule has 21 heavy (non-hydrogen) atoms. The number of aliphatic carboxylic acids is 1. The number of carboxylic acids is 1. The number of carbonyl (C=O) groups excluding carboxylic acids is 1. The molecule has 0 radical (unpaired) electrons. The van der Waals surface area contributed by atoms with Crippen molar-refractivity contribution in [2.75, 3.05) is 13.2 Å². The molecule has 1 unspecified atom stereocenters. The summed E-state index contributed by atoms with van der Waals surface area (Å²) in [5.41, 5.74) is 0. The number of ether oxygens (including phenoxy) is 1. The lowest BCUT2D eigenvalue weighted by Crippen LogP contribution is -2.30. The topological polar surface area (TPSA) is 75.6 Å². The minimum atomic E-state index is -0.878. The van der Waals surface area contributed by atoms with Gasteiger partial charge in [0.05, 0.1) is 5.92 Å². The van der Waals surface area contributed by atoms with Gasteiger partial charge in [0, 0.05) is 12.6 Å². The van der Waals surface area contributed by atoms with Gasteiger partial charge in [-0.15, -0.1) is 0 Å². The summed E-state index contributed by atoms with van der Waals surface area (Å²) >= 11 is 0. The summed E-state index contributed by atoms with van der Waals surface area (Å²) in [6.45, 7) is 1.51. The largest absolute Gasteiger partial charge is 0.481 e. The van der Waals surface area contributed by atoms with Crippen LogP contribution in [0.3, 0.4) is 0 Å². The van der Waals surface area contributed by atoms with Gasteiger partial charge in [0.15, 0.2) is 18.2 Å². The first kappa shape index (κ1) is 16.9. The third kappa shape index (κ3) is 6.20. The van der Waals surface area contributed by atoms with Gasteiger partial charge in [-0.05, 0) is 25.0 Å². The van der Waals surface area contributed by atoms with Crippen LogP contribution in [0.4, 0.5) is 8.78 Å². The lowest BCUT2D eigenvalue weighted by Gasteiger charge is -2.09. The molecule has 0 saturated heterocycles. The first-order valence-electron chi connectivity index (χ1n) is 6.47. The number of carboxylic acid groups (broad SMARTS) is 1. The Labute approximate surface area is 120 Å². The van der Waals surface area contributed by atoms with Crippen molar-refractivity contribution in [2.24, 2.45) is 5.92 Å². The van der Waals surface area contributed by atoms with E-state index in [4.69, 9.17) is 9.84 Å². The molecule has 2 N–H and O–H groups in total. The van der Waals surface area contributed by atoms with E-state index in [0.717, 1.165) is 12.1 Å². The van der Waals surface area contributed by atoms with Crippen molar-refractivity contribution in [1.82, 2.24) is 5.32 Å². The van der Waals surface area contributed by atoms with Crippen LogP contribution in [-0.4, -0.2) is 30.1 Å². The van der Waals surface area contributed by atoms with Gasteiger partial charge in [-0.2, -0.15) is 0 Å². The predicted octanol–water partition coefficient (Wildman–Crippen LogP) is 1.96. The Morgan fingerprint density at radius 1 is 1.38 bits per heavy atom. The Hall–Kier alpha value is -2.18. The number of hydrogen-bond donors (Lipinski definition) is 2. The summed E-state index contributed by atoms with van der Waals surface area (Å²) in [5.74, 6) is -3.61. The van der Waals surface area contributed by atoms with E-state index < -0.39 is 36.0 Å². The van der Waals surface area contributed by atoms with Crippen molar-refractivity contribution in [3.8, 4) is 5.75 Å². The van der Waals surface area contributed by atoms with Crippen LogP contribution in [0.25, 0.3) is 0 Å². The summed E-state index contributed by atoms with van der Waals surface area (Å²) in [4.78, 5) is 22.0. The summed E-state index contributed by atoms with van der Waals surface area (Å²) in [6, 6.07) is 2.80. The highest BCUT2D eigenvalue weighted by atomic mass is 19.1. The van der Waals surface area contributed by atoms with Gasteiger partial charge >= 0.3 is 5.97 Å². The average Bonchev–Trinajstić information content (AvgIpc) is 2.42. The van der Waals surface area contributed by atoms with Crippen molar-refractivity contribution < 1.29 is 28.2 Å². The van der Waals surface area contributed by atoms with Crippen LogP contribution in [0.15, 0.2) is 18.2 Å². The number of hydrogen-bond acceptors (Lipinski definition) is 3. The van der Waals surface area contributed by atoms with Crippen molar-refractivity contribution in [3.63, 3.8) is 0 Å². The fraction of sp³-hybridized carbons (Fsp3) is 0.429. The molecule has 0 aromatic heterocycles. The van der Waals surface area contributed by atoms with Gasteiger partial charge in [-0.25, -0.2) is 8.78 Å². The third-order valence-corrected chi connectivity index (χ3v) is 2.81. The van der Waals surface area contributed by atoms with Crippen molar-refractivity contribution in [1.29, 1.82) is 0 Å². The number of amides is 1. The number of halogens is 2. The van der Waals surface area contributed by atoms with Crippen LogP contribution in [-0.2, 0) is 9.59 Å². The smallest absolute Gasteiger partial charge is 0.306 e. The molecule has 1 rings (SSSR count). The molecule has 1 aromatic rings. The van der Waals surface area contributed by atoms with Gasteiger partial charge in [0.2, 0.25) is 0 Å².